The van der Waals surface area contributed by atoms with Gasteiger partial charge >= 0.3 is 0 Å². The smallest absolute Gasteiger partial charge is 0.271 e. The zero-order valence-electron chi connectivity index (χ0n) is 11.2. The summed E-state index contributed by atoms with van der Waals surface area (Å²) in [5, 5.41) is 10.7. The molecule has 0 saturated carbocycles. The molecule has 0 aliphatic rings. The number of hydrogen-bond acceptors (Lipinski definition) is 6. The molecular formula is C11H17N3O5S. The highest BCUT2D eigenvalue weighted by Crippen LogP contribution is 2.27. The Morgan fingerprint density at radius 2 is 2.15 bits per heavy atom. The van der Waals surface area contributed by atoms with E-state index < -0.39 is 14.9 Å². The lowest BCUT2D eigenvalue weighted by atomic mass is 10.3. The average Bonchev–Trinajstić information content (AvgIpc) is 2.37. The number of nitrogens with zero attached hydrogens (tertiary/aromatic N) is 1. The number of nitrogens with two attached hydrogens (primary N) is 1. The second kappa shape index (κ2) is 6.64. The average molecular weight is 303 g/mol. The Morgan fingerprint density at radius 1 is 1.50 bits per heavy atom. The largest absolute Gasteiger partial charge is 0.495 e. The number of nitrogens with one attached hydrogen (secondary N) is 1. The van der Waals surface area contributed by atoms with Crippen LogP contribution in [0.25, 0.3) is 0 Å². The molecule has 0 aliphatic carbocycles. The van der Waals surface area contributed by atoms with Gasteiger partial charge in [0.15, 0.2) is 0 Å². The summed E-state index contributed by atoms with van der Waals surface area (Å²) >= 11 is 0. The third-order valence-corrected chi connectivity index (χ3v) is 4.02. The molecule has 0 aliphatic heterocycles. The minimum absolute atomic E-state index is 0.0453. The fraction of sp³-hybridized carbons (Fsp3) is 0.455. The molecule has 0 spiro atoms. The van der Waals surface area contributed by atoms with E-state index in [4.69, 9.17) is 10.5 Å². The molecule has 3 N–H and O–H groups in total. The first-order valence-corrected chi connectivity index (χ1v) is 7.34. The standard InChI is InChI=1S/C11H17N3O5S/c1-8(12)5-6-13-20(17,18)11-7-9(14(15)16)3-4-10(11)19-2/h3-4,7-8,13H,5-6,12H2,1-2H3. The Morgan fingerprint density at radius 3 is 2.65 bits per heavy atom. The van der Waals surface area contributed by atoms with Crippen LogP contribution in [0.1, 0.15) is 13.3 Å². The van der Waals surface area contributed by atoms with Crippen LogP contribution in [0.15, 0.2) is 23.1 Å². The highest BCUT2D eigenvalue weighted by Gasteiger charge is 2.22. The van der Waals surface area contributed by atoms with Crippen molar-refractivity contribution in [3.8, 4) is 5.75 Å². The first-order valence-electron chi connectivity index (χ1n) is 5.85. The maximum atomic E-state index is 12.1. The lowest BCUT2D eigenvalue weighted by Gasteiger charge is -2.11. The molecular weight excluding hydrogens is 286 g/mol. The zero-order chi connectivity index (χ0) is 15.3. The number of sulfonamides is 1. The lowest BCUT2D eigenvalue weighted by molar-refractivity contribution is -0.385. The Balaban J connectivity index is 3.08. The van der Waals surface area contributed by atoms with E-state index in [9.17, 15) is 18.5 Å². The van der Waals surface area contributed by atoms with Crippen LogP contribution in [0, 0.1) is 10.1 Å². The number of rotatable bonds is 7. The van der Waals surface area contributed by atoms with Gasteiger partial charge in [-0.15, -0.1) is 0 Å². The quantitative estimate of drug-likeness (QED) is 0.562. The van der Waals surface area contributed by atoms with E-state index in [1.54, 1.807) is 6.92 Å². The molecule has 8 nitrogen and oxygen atoms in total. The minimum atomic E-state index is -3.89. The predicted octanol–water partition coefficient (Wildman–Crippen LogP) is 0.619. The van der Waals surface area contributed by atoms with Crippen molar-refractivity contribution in [1.82, 2.24) is 4.72 Å². The number of hydrogen-bond donors (Lipinski definition) is 2. The van der Waals surface area contributed by atoms with Crippen molar-refractivity contribution in [2.45, 2.75) is 24.3 Å². The Kier molecular flexibility index (Phi) is 5.43. The van der Waals surface area contributed by atoms with E-state index in [1.807, 2.05) is 0 Å². The van der Waals surface area contributed by atoms with Gasteiger partial charge < -0.3 is 10.5 Å². The molecule has 112 valence electrons. The van der Waals surface area contributed by atoms with E-state index in [-0.39, 0.29) is 28.9 Å². The van der Waals surface area contributed by atoms with Crippen molar-refractivity contribution >= 4 is 15.7 Å². The molecule has 0 bridgehead atoms. The summed E-state index contributed by atoms with van der Waals surface area (Å²) in [6.45, 7) is 1.90. The summed E-state index contributed by atoms with van der Waals surface area (Å²) in [4.78, 5) is 9.78. The molecule has 0 heterocycles. The van der Waals surface area contributed by atoms with Gasteiger partial charge in [-0.25, -0.2) is 13.1 Å². The Labute approximate surface area is 117 Å². The van der Waals surface area contributed by atoms with Gasteiger partial charge in [0.1, 0.15) is 10.6 Å². The normalized spacial score (nSPS) is 12.9. The van der Waals surface area contributed by atoms with Crippen molar-refractivity contribution in [2.75, 3.05) is 13.7 Å². The highest BCUT2D eigenvalue weighted by molar-refractivity contribution is 7.89. The highest BCUT2D eigenvalue weighted by atomic mass is 32.2. The molecule has 0 saturated heterocycles. The number of nitro benzene ring substituents is 1. The first kappa shape index (κ1) is 16.3. The summed E-state index contributed by atoms with van der Waals surface area (Å²) in [6.07, 6.45) is 0.455. The number of benzene rings is 1. The second-order valence-corrected chi connectivity index (χ2v) is 5.99. The van der Waals surface area contributed by atoms with Gasteiger partial charge in [-0.1, -0.05) is 0 Å². The van der Waals surface area contributed by atoms with E-state index >= 15 is 0 Å². The van der Waals surface area contributed by atoms with Gasteiger partial charge in [-0.2, -0.15) is 0 Å². The number of non-ortho nitro benzene ring substituents is 1. The summed E-state index contributed by atoms with van der Waals surface area (Å²) in [7, 11) is -2.60. The van der Waals surface area contributed by atoms with Crippen LogP contribution in [-0.2, 0) is 10.0 Å². The van der Waals surface area contributed by atoms with Gasteiger partial charge in [-0.3, -0.25) is 10.1 Å². The van der Waals surface area contributed by atoms with Crippen LogP contribution in [0.5, 0.6) is 5.75 Å². The topological polar surface area (TPSA) is 125 Å². The maximum Gasteiger partial charge on any atom is 0.271 e. The molecule has 1 unspecified atom stereocenters. The molecule has 20 heavy (non-hydrogen) atoms. The van der Waals surface area contributed by atoms with Crippen molar-refractivity contribution < 1.29 is 18.1 Å². The van der Waals surface area contributed by atoms with Crippen LogP contribution in [-0.4, -0.2) is 33.0 Å². The monoisotopic (exact) mass is 303 g/mol. The summed E-state index contributed by atoms with van der Waals surface area (Å²) in [5.41, 5.74) is 5.21. The van der Waals surface area contributed by atoms with Gasteiger partial charge in [0.25, 0.3) is 5.69 Å². The van der Waals surface area contributed by atoms with Gasteiger partial charge in [0.05, 0.1) is 12.0 Å². The molecule has 1 rings (SSSR count). The van der Waals surface area contributed by atoms with Crippen LogP contribution < -0.4 is 15.2 Å². The molecule has 1 aromatic rings. The fourth-order valence-electron chi connectivity index (χ4n) is 1.49. The molecule has 0 radical (unpaired) electrons. The fourth-order valence-corrected chi connectivity index (χ4v) is 2.72. The lowest BCUT2D eigenvalue weighted by Crippen LogP contribution is -2.29. The van der Waals surface area contributed by atoms with E-state index in [0.29, 0.717) is 6.42 Å². The molecule has 1 aromatic carbocycles. The van der Waals surface area contributed by atoms with Crippen LogP contribution in [0.4, 0.5) is 5.69 Å². The number of nitro groups is 1. The third-order valence-electron chi connectivity index (χ3n) is 2.54. The molecule has 0 amide bonds. The molecule has 0 fully saturated rings. The summed E-state index contributed by atoms with van der Waals surface area (Å²) < 4.78 is 31.5. The SMILES string of the molecule is COc1ccc([N+](=O)[O-])cc1S(=O)(=O)NCCC(C)N. The van der Waals surface area contributed by atoms with Gasteiger partial charge in [0.2, 0.25) is 10.0 Å². The first-order chi connectivity index (χ1) is 9.27. The van der Waals surface area contributed by atoms with E-state index in [2.05, 4.69) is 4.72 Å². The van der Waals surface area contributed by atoms with Gasteiger partial charge in [-0.05, 0) is 19.4 Å². The number of methoxy groups -OCH3 is 1. The van der Waals surface area contributed by atoms with Gasteiger partial charge in [0, 0.05) is 24.7 Å². The maximum absolute atomic E-state index is 12.1. The van der Waals surface area contributed by atoms with Crippen LogP contribution >= 0.6 is 0 Å². The number of ether oxygens (including phenoxy) is 1. The van der Waals surface area contributed by atoms with Crippen molar-refractivity contribution in [1.29, 1.82) is 0 Å². The van der Waals surface area contributed by atoms with Crippen molar-refractivity contribution in [3.05, 3.63) is 28.3 Å². The molecule has 0 aromatic heterocycles. The van der Waals surface area contributed by atoms with Crippen LogP contribution in [0.3, 0.4) is 0 Å². The predicted molar refractivity (Wildman–Crippen MR) is 73.1 cm³/mol. The molecule has 1 atom stereocenters. The Hall–Kier alpha value is -1.71. The van der Waals surface area contributed by atoms with E-state index in [0.717, 1.165) is 6.07 Å². The third kappa shape index (κ3) is 4.15. The summed E-state index contributed by atoms with van der Waals surface area (Å²) in [5.74, 6) is 0.0453. The Bertz CT molecular complexity index is 586. The second-order valence-electron chi connectivity index (χ2n) is 4.26. The van der Waals surface area contributed by atoms with E-state index in [1.165, 1.54) is 19.2 Å². The van der Waals surface area contributed by atoms with Crippen molar-refractivity contribution in [2.24, 2.45) is 5.73 Å². The zero-order valence-corrected chi connectivity index (χ0v) is 12.0. The minimum Gasteiger partial charge on any atom is -0.495 e. The van der Waals surface area contributed by atoms with Crippen LogP contribution in [0.2, 0.25) is 0 Å². The summed E-state index contributed by atoms with van der Waals surface area (Å²) in [6, 6.07) is 3.25. The van der Waals surface area contributed by atoms with Crippen molar-refractivity contribution in [3.63, 3.8) is 0 Å². The molecule has 9 heteroatoms.